The SMILES string of the molecule is COc1ccc(Cn2nc(I)c3ccc(Br)cc32)cc1.Fc1cc(C2=NCc3cc(Br)ccc32)ccn1.O[B]Oc1ccnc(F)c1. The highest BCUT2D eigenvalue weighted by molar-refractivity contribution is 14.1. The first kappa shape index (κ1) is 34.6. The molecule has 0 spiro atoms. The van der Waals surface area contributed by atoms with Crippen molar-refractivity contribution in [2.75, 3.05) is 7.11 Å². The van der Waals surface area contributed by atoms with Crippen LogP contribution >= 0.6 is 54.5 Å². The van der Waals surface area contributed by atoms with Crippen LogP contribution in [0, 0.1) is 15.6 Å². The van der Waals surface area contributed by atoms with Crippen molar-refractivity contribution in [3.8, 4) is 11.5 Å². The van der Waals surface area contributed by atoms with Gasteiger partial charge in [-0.25, -0.2) is 9.97 Å². The van der Waals surface area contributed by atoms with Crippen LogP contribution in [0.3, 0.4) is 0 Å². The van der Waals surface area contributed by atoms with E-state index in [9.17, 15) is 8.78 Å². The van der Waals surface area contributed by atoms with Gasteiger partial charge in [0.15, 0.2) is 0 Å². The third-order valence-corrected chi connectivity index (χ3v) is 8.56. The summed E-state index contributed by atoms with van der Waals surface area (Å²) in [5, 5.41) is 13.9. The smallest absolute Gasteiger partial charge is 0.537 e. The molecule has 3 aromatic carbocycles. The van der Waals surface area contributed by atoms with Crippen LogP contribution in [-0.4, -0.2) is 45.3 Å². The van der Waals surface area contributed by atoms with Crippen molar-refractivity contribution < 1.29 is 23.2 Å². The van der Waals surface area contributed by atoms with Crippen LogP contribution in [-0.2, 0) is 13.1 Å². The third-order valence-electron chi connectivity index (χ3n) is 6.78. The highest BCUT2D eigenvalue weighted by Gasteiger charge is 2.18. The number of methoxy groups -OCH3 is 1. The minimum absolute atomic E-state index is 0.218. The van der Waals surface area contributed by atoms with E-state index in [-0.39, 0.29) is 5.75 Å². The molecule has 0 unspecified atom stereocenters. The molecule has 14 heteroatoms. The molecule has 47 heavy (non-hydrogen) atoms. The summed E-state index contributed by atoms with van der Waals surface area (Å²) in [5.41, 5.74) is 6.18. The lowest BCUT2D eigenvalue weighted by Crippen LogP contribution is -2.01. The number of fused-ring (bicyclic) bond motifs is 2. The summed E-state index contributed by atoms with van der Waals surface area (Å²) < 4.78 is 40.1. The van der Waals surface area contributed by atoms with Gasteiger partial charge < -0.3 is 14.4 Å². The number of ether oxygens (including phenoxy) is 1. The maximum Gasteiger partial charge on any atom is 0.569 e. The molecule has 0 fully saturated rings. The number of rotatable bonds is 6. The van der Waals surface area contributed by atoms with Crippen molar-refractivity contribution in [2.24, 2.45) is 4.99 Å². The van der Waals surface area contributed by atoms with Crippen molar-refractivity contribution in [1.29, 1.82) is 0 Å². The van der Waals surface area contributed by atoms with E-state index in [1.807, 2.05) is 41.1 Å². The van der Waals surface area contributed by atoms with Crippen LogP contribution in [0.2, 0.25) is 0 Å². The van der Waals surface area contributed by atoms with Gasteiger partial charge in [-0.15, -0.1) is 0 Å². The molecule has 0 bridgehead atoms. The van der Waals surface area contributed by atoms with E-state index in [1.54, 1.807) is 13.2 Å². The average molecular weight is 874 g/mol. The van der Waals surface area contributed by atoms with Crippen molar-refractivity contribution in [3.05, 3.63) is 144 Å². The summed E-state index contributed by atoms with van der Waals surface area (Å²) >= 11 is 9.23. The topological polar surface area (TPSA) is 94.7 Å². The number of benzene rings is 3. The fraction of sp³-hybridized carbons (Fsp3) is 0.0909. The molecule has 237 valence electrons. The van der Waals surface area contributed by atoms with Gasteiger partial charge in [0.2, 0.25) is 11.9 Å². The number of aliphatic imine (C=N–C) groups is 1. The monoisotopic (exact) mass is 872 g/mol. The van der Waals surface area contributed by atoms with E-state index < -0.39 is 11.9 Å². The summed E-state index contributed by atoms with van der Waals surface area (Å²) in [4.78, 5) is 11.3. The molecular formula is C33H24BBr2F2IN5O3. The molecule has 6 aromatic rings. The minimum Gasteiger partial charge on any atom is -0.537 e. The zero-order valence-electron chi connectivity index (χ0n) is 24.6. The number of halogens is 5. The Kier molecular flexibility index (Phi) is 12.1. The second-order valence-electron chi connectivity index (χ2n) is 9.83. The van der Waals surface area contributed by atoms with E-state index in [0.717, 1.165) is 58.9 Å². The van der Waals surface area contributed by atoms with Crippen LogP contribution < -0.4 is 9.39 Å². The molecule has 1 radical (unpaired) electrons. The Hall–Kier alpha value is -3.73. The molecule has 1 N–H and O–H groups in total. The van der Waals surface area contributed by atoms with Gasteiger partial charge in [0.25, 0.3) is 0 Å². The Labute approximate surface area is 300 Å². The van der Waals surface area contributed by atoms with E-state index in [0.29, 0.717) is 14.2 Å². The molecule has 1 aliphatic heterocycles. The van der Waals surface area contributed by atoms with Gasteiger partial charge in [-0.2, -0.15) is 13.9 Å². The molecular weight excluding hydrogens is 850 g/mol. The molecule has 3 aromatic heterocycles. The Balaban J connectivity index is 0.000000146. The molecule has 8 nitrogen and oxygen atoms in total. The summed E-state index contributed by atoms with van der Waals surface area (Å²) in [5.74, 6) is -0.0264. The summed E-state index contributed by atoms with van der Waals surface area (Å²) in [6, 6.07) is 26.0. The fourth-order valence-corrected chi connectivity index (χ4v) is 6.09. The maximum atomic E-state index is 13.1. The van der Waals surface area contributed by atoms with Crippen LogP contribution in [0.15, 0.2) is 111 Å². The standard InChI is InChI=1S/C15H12BrIN2O.C13H8BrFN2.C5H4BFNO2/c1-20-12-5-2-10(3-6-12)9-19-14-8-11(16)4-7-13(14)15(17)18-19;14-10-1-2-11-9(5-10)7-17-13(11)8-3-4-16-12(15)6-8;7-5-3-4(10-6-9)1-2-8-5/h2-8H,9H2,1H3;1-6H,7H2;1-3,9H. The first-order valence-electron chi connectivity index (χ1n) is 13.9. The Morgan fingerprint density at radius 2 is 1.57 bits per heavy atom. The fourth-order valence-electron chi connectivity index (χ4n) is 4.62. The second-order valence-corrected chi connectivity index (χ2v) is 12.7. The van der Waals surface area contributed by atoms with Crippen LogP contribution in [0.1, 0.15) is 22.3 Å². The quantitative estimate of drug-likeness (QED) is 0.104. The Morgan fingerprint density at radius 3 is 2.28 bits per heavy atom. The van der Waals surface area contributed by atoms with Crippen molar-refractivity contribution in [3.63, 3.8) is 0 Å². The van der Waals surface area contributed by atoms with Crippen LogP contribution in [0.5, 0.6) is 11.5 Å². The molecule has 4 heterocycles. The molecule has 1 aliphatic rings. The summed E-state index contributed by atoms with van der Waals surface area (Å²) in [7, 11) is 2.16. The van der Waals surface area contributed by atoms with Crippen molar-refractivity contribution in [2.45, 2.75) is 13.1 Å². The molecule has 0 saturated carbocycles. The van der Waals surface area contributed by atoms with Crippen molar-refractivity contribution in [1.82, 2.24) is 19.7 Å². The maximum absolute atomic E-state index is 13.1. The molecule has 7 rings (SSSR count). The van der Waals surface area contributed by atoms with Crippen LogP contribution in [0.25, 0.3) is 10.9 Å². The number of aromatic nitrogens is 4. The Bertz CT molecular complexity index is 2030. The average Bonchev–Trinajstić information content (AvgIpc) is 3.62. The third kappa shape index (κ3) is 9.21. The zero-order chi connectivity index (χ0) is 33.3. The van der Waals surface area contributed by atoms with Gasteiger partial charge >= 0.3 is 7.69 Å². The van der Waals surface area contributed by atoms with Gasteiger partial charge in [0, 0.05) is 50.0 Å². The predicted molar refractivity (Wildman–Crippen MR) is 193 cm³/mol. The largest absolute Gasteiger partial charge is 0.569 e. The second kappa shape index (κ2) is 16.4. The van der Waals surface area contributed by atoms with E-state index >= 15 is 0 Å². The lowest BCUT2D eigenvalue weighted by molar-refractivity contribution is 0.414. The molecule has 0 amide bonds. The van der Waals surface area contributed by atoms with Gasteiger partial charge in [0.1, 0.15) is 15.2 Å². The van der Waals surface area contributed by atoms with E-state index in [2.05, 4.69) is 103 Å². The first-order chi connectivity index (χ1) is 22.7. The van der Waals surface area contributed by atoms with Gasteiger partial charge in [-0.1, -0.05) is 50.1 Å². The minimum atomic E-state index is -0.639. The number of nitrogens with zero attached hydrogens (tertiary/aromatic N) is 5. The normalized spacial score (nSPS) is 11.4. The molecule has 0 atom stereocenters. The summed E-state index contributed by atoms with van der Waals surface area (Å²) in [6.45, 7) is 1.40. The highest BCUT2D eigenvalue weighted by Crippen LogP contribution is 2.27. The molecule has 0 aliphatic carbocycles. The van der Waals surface area contributed by atoms with Gasteiger partial charge in [-0.05, 0) is 88.3 Å². The Morgan fingerprint density at radius 1 is 0.872 bits per heavy atom. The lowest BCUT2D eigenvalue weighted by Gasteiger charge is -2.05. The van der Waals surface area contributed by atoms with Gasteiger partial charge in [0.05, 0.1) is 31.4 Å². The number of pyridine rings is 2. The van der Waals surface area contributed by atoms with Gasteiger partial charge in [-0.3, -0.25) is 9.67 Å². The summed E-state index contributed by atoms with van der Waals surface area (Å²) in [6.07, 6.45) is 2.71. The van der Waals surface area contributed by atoms with E-state index in [1.165, 1.54) is 35.5 Å². The van der Waals surface area contributed by atoms with E-state index in [4.69, 9.17) is 9.76 Å². The predicted octanol–water partition coefficient (Wildman–Crippen LogP) is 7.92. The highest BCUT2D eigenvalue weighted by atomic mass is 127. The lowest BCUT2D eigenvalue weighted by atomic mass is 10.0. The number of hydrogen-bond acceptors (Lipinski definition) is 7. The molecule has 0 saturated heterocycles. The number of hydrogen-bond donors (Lipinski definition) is 1. The zero-order valence-corrected chi connectivity index (χ0v) is 29.9. The van der Waals surface area contributed by atoms with Crippen LogP contribution in [0.4, 0.5) is 8.78 Å². The first-order valence-corrected chi connectivity index (χ1v) is 16.5. The van der Waals surface area contributed by atoms with Crippen molar-refractivity contribution >= 4 is 78.8 Å².